The minimum atomic E-state index is 0.0150. The van der Waals surface area contributed by atoms with E-state index >= 15 is 0 Å². The molecule has 1 aliphatic carbocycles. The van der Waals surface area contributed by atoms with Gasteiger partial charge in [0.25, 0.3) is 0 Å². The van der Waals surface area contributed by atoms with Crippen LogP contribution in [-0.2, 0) is 4.79 Å². The highest BCUT2D eigenvalue weighted by atomic mass is 32.1. The Hall–Kier alpha value is -1.90. The minimum absolute atomic E-state index is 0.0150. The van der Waals surface area contributed by atoms with Crippen LogP contribution in [0.1, 0.15) is 53.1 Å². The van der Waals surface area contributed by atoms with Gasteiger partial charge in [-0.2, -0.15) is 0 Å². The molecule has 1 aromatic carbocycles. The van der Waals surface area contributed by atoms with E-state index in [0.29, 0.717) is 23.5 Å². The maximum Gasteiger partial charge on any atom is 0.240 e. The number of piperidine rings is 1. The second-order valence-electron chi connectivity index (χ2n) is 7.84. The fraction of sp³-hybridized carbons (Fsp3) is 0.500. The quantitative estimate of drug-likeness (QED) is 0.680. The van der Waals surface area contributed by atoms with Crippen molar-refractivity contribution in [3.63, 3.8) is 0 Å². The summed E-state index contributed by atoms with van der Waals surface area (Å²) >= 11 is 3.34. The second-order valence-corrected chi connectivity index (χ2v) is 9.91. The van der Waals surface area contributed by atoms with E-state index in [9.17, 15) is 4.79 Å². The SMILES string of the molecule is Cc1ccc2nc(NC(=O)CN3CCC(c4nnc(C5CC5)s4)CC3)sc2c1. The molecule has 28 heavy (non-hydrogen) atoms. The molecule has 6 nitrogen and oxygen atoms in total. The third-order valence-electron chi connectivity index (χ3n) is 5.48. The Bertz CT molecular complexity index is 1000. The molecule has 146 valence electrons. The van der Waals surface area contributed by atoms with Crippen LogP contribution in [0.15, 0.2) is 18.2 Å². The third-order valence-corrected chi connectivity index (χ3v) is 7.66. The number of hydrogen-bond donors (Lipinski definition) is 1. The van der Waals surface area contributed by atoms with Crippen LogP contribution in [0.2, 0.25) is 0 Å². The van der Waals surface area contributed by atoms with E-state index in [0.717, 1.165) is 36.1 Å². The Kier molecular flexibility index (Phi) is 4.86. The summed E-state index contributed by atoms with van der Waals surface area (Å²) in [6.45, 7) is 4.34. The van der Waals surface area contributed by atoms with Gasteiger partial charge in [0.15, 0.2) is 5.13 Å². The van der Waals surface area contributed by atoms with Crippen molar-refractivity contribution in [2.45, 2.75) is 44.4 Å². The number of carbonyl (C=O) groups excluding carboxylic acids is 1. The van der Waals surface area contributed by atoms with Gasteiger partial charge in [-0.1, -0.05) is 17.4 Å². The second kappa shape index (κ2) is 7.50. The normalized spacial score (nSPS) is 18.6. The molecular weight excluding hydrogens is 390 g/mol. The van der Waals surface area contributed by atoms with E-state index in [1.807, 2.05) is 12.1 Å². The number of benzene rings is 1. The molecule has 2 aliphatic rings. The van der Waals surface area contributed by atoms with Gasteiger partial charge in [0.05, 0.1) is 16.8 Å². The molecule has 1 N–H and O–H groups in total. The molecule has 2 fully saturated rings. The van der Waals surface area contributed by atoms with E-state index in [2.05, 4.69) is 38.4 Å². The summed E-state index contributed by atoms with van der Waals surface area (Å²) in [4.78, 5) is 19.2. The van der Waals surface area contributed by atoms with Gasteiger partial charge >= 0.3 is 0 Å². The lowest BCUT2D eigenvalue weighted by Gasteiger charge is -2.30. The number of likely N-dealkylation sites (tertiary alicyclic amines) is 1. The molecule has 1 saturated carbocycles. The Balaban J connectivity index is 1.13. The molecule has 0 bridgehead atoms. The third kappa shape index (κ3) is 3.94. The number of aryl methyl sites for hydroxylation is 1. The number of thiazole rings is 1. The van der Waals surface area contributed by atoms with Crippen molar-refractivity contribution in [2.24, 2.45) is 0 Å². The van der Waals surface area contributed by atoms with E-state index in [-0.39, 0.29) is 5.91 Å². The van der Waals surface area contributed by atoms with Crippen molar-refractivity contribution in [3.8, 4) is 0 Å². The molecule has 0 unspecified atom stereocenters. The van der Waals surface area contributed by atoms with Crippen LogP contribution < -0.4 is 5.32 Å². The van der Waals surface area contributed by atoms with Crippen LogP contribution in [0.4, 0.5) is 5.13 Å². The Morgan fingerprint density at radius 1 is 1.11 bits per heavy atom. The molecule has 1 saturated heterocycles. The first-order valence-corrected chi connectivity index (χ1v) is 11.5. The van der Waals surface area contributed by atoms with E-state index in [4.69, 9.17) is 0 Å². The van der Waals surface area contributed by atoms with Gasteiger partial charge in [-0.15, -0.1) is 21.5 Å². The maximum absolute atomic E-state index is 12.5. The zero-order valence-electron chi connectivity index (χ0n) is 15.9. The van der Waals surface area contributed by atoms with Crippen LogP contribution in [0.5, 0.6) is 0 Å². The number of nitrogens with zero attached hydrogens (tertiary/aromatic N) is 4. The van der Waals surface area contributed by atoms with Gasteiger partial charge in [0, 0.05) is 11.8 Å². The minimum Gasteiger partial charge on any atom is -0.301 e. The number of rotatable bonds is 5. The van der Waals surface area contributed by atoms with Crippen molar-refractivity contribution >= 4 is 43.9 Å². The number of carbonyl (C=O) groups is 1. The van der Waals surface area contributed by atoms with Crippen molar-refractivity contribution in [2.75, 3.05) is 25.0 Å². The number of aromatic nitrogens is 3. The van der Waals surface area contributed by atoms with Crippen molar-refractivity contribution in [1.29, 1.82) is 0 Å². The Morgan fingerprint density at radius 2 is 1.82 bits per heavy atom. The first kappa shape index (κ1) is 18.1. The highest BCUT2D eigenvalue weighted by Gasteiger charge is 2.30. The summed E-state index contributed by atoms with van der Waals surface area (Å²) in [7, 11) is 0. The van der Waals surface area contributed by atoms with Gasteiger partial charge in [-0.25, -0.2) is 4.98 Å². The maximum atomic E-state index is 12.5. The molecule has 0 atom stereocenters. The average molecular weight is 414 g/mol. The Morgan fingerprint density at radius 3 is 2.54 bits per heavy atom. The lowest BCUT2D eigenvalue weighted by molar-refractivity contribution is -0.117. The standard InChI is InChI=1S/C20H23N5OS2/c1-12-2-5-15-16(10-12)27-20(21-15)22-17(26)11-25-8-6-14(7-9-25)19-24-23-18(28-19)13-3-4-13/h2,5,10,13-14H,3-4,6-9,11H2,1H3,(H,21,22,26). The van der Waals surface area contributed by atoms with Gasteiger partial charge in [-0.3, -0.25) is 9.69 Å². The smallest absolute Gasteiger partial charge is 0.240 e. The summed E-state index contributed by atoms with van der Waals surface area (Å²) in [5, 5.41) is 14.9. The number of hydrogen-bond acceptors (Lipinski definition) is 7. The zero-order chi connectivity index (χ0) is 19.1. The topological polar surface area (TPSA) is 71.0 Å². The van der Waals surface area contributed by atoms with E-state index in [1.54, 1.807) is 11.3 Å². The lowest BCUT2D eigenvalue weighted by atomic mass is 9.98. The molecule has 0 radical (unpaired) electrons. The fourth-order valence-electron chi connectivity index (χ4n) is 3.69. The van der Waals surface area contributed by atoms with Crippen molar-refractivity contribution < 1.29 is 4.79 Å². The molecule has 8 heteroatoms. The van der Waals surface area contributed by atoms with Gasteiger partial charge in [0.1, 0.15) is 10.0 Å². The average Bonchev–Trinajstić information content (AvgIpc) is 3.27. The van der Waals surface area contributed by atoms with Gasteiger partial charge in [-0.05, 0) is 63.4 Å². The number of anilines is 1. The summed E-state index contributed by atoms with van der Waals surface area (Å²) < 4.78 is 1.11. The Labute approximate surface area is 172 Å². The van der Waals surface area contributed by atoms with Crippen LogP contribution in [0.3, 0.4) is 0 Å². The molecule has 3 heterocycles. The summed E-state index contributed by atoms with van der Waals surface area (Å²) in [5.41, 5.74) is 2.14. The van der Waals surface area contributed by atoms with E-state index < -0.39 is 0 Å². The van der Waals surface area contributed by atoms with Crippen LogP contribution >= 0.6 is 22.7 Å². The number of nitrogens with one attached hydrogen (secondary N) is 1. The van der Waals surface area contributed by atoms with Gasteiger partial charge < -0.3 is 5.32 Å². The first-order chi connectivity index (χ1) is 13.6. The molecule has 1 aliphatic heterocycles. The van der Waals surface area contributed by atoms with Crippen LogP contribution in [0, 0.1) is 6.92 Å². The summed E-state index contributed by atoms with van der Waals surface area (Å²) in [6.07, 6.45) is 4.65. The van der Waals surface area contributed by atoms with Crippen molar-refractivity contribution in [3.05, 3.63) is 33.8 Å². The highest BCUT2D eigenvalue weighted by molar-refractivity contribution is 7.22. The molecule has 3 aromatic rings. The number of fused-ring (bicyclic) bond motifs is 1. The van der Waals surface area contributed by atoms with Crippen LogP contribution in [0.25, 0.3) is 10.2 Å². The number of amides is 1. The molecular formula is C20H23N5OS2. The fourth-order valence-corrected chi connectivity index (χ4v) is 5.85. The van der Waals surface area contributed by atoms with E-state index in [1.165, 1.54) is 39.8 Å². The van der Waals surface area contributed by atoms with Gasteiger partial charge in [0.2, 0.25) is 5.91 Å². The molecule has 5 rings (SSSR count). The molecule has 1 amide bonds. The molecule has 0 spiro atoms. The first-order valence-electron chi connectivity index (χ1n) is 9.87. The summed E-state index contributed by atoms with van der Waals surface area (Å²) in [6, 6.07) is 6.16. The molecule has 2 aromatic heterocycles. The van der Waals surface area contributed by atoms with Crippen LogP contribution in [-0.4, -0.2) is 45.6 Å². The van der Waals surface area contributed by atoms with Crippen molar-refractivity contribution in [1.82, 2.24) is 20.1 Å². The monoisotopic (exact) mass is 413 g/mol. The predicted molar refractivity (Wildman–Crippen MR) is 113 cm³/mol. The highest BCUT2D eigenvalue weighted by Crippen LogP contribution is 2.43. The lowest BCUT2D eigenvalue weighted by Crippen LogP contribution is -2.38. The predicted octanol–water partition coefficient (Wildman–Crippen LogP) is 4.15. The largest absolute Gasteiger partial charge is 0.301 e. The summed E-state index contributed by atoms with van der Waals surface area (Å²) in [5.74, 6) is 1.19. The zero-order valence-corrected chi connectivity index (χ0v) is 17.5.